The molecule has 0 aliphatic rings. The number of nitrogens with one attached hydrogen (secondary N) is 2. The van der Waals surface area contributed by atoms with Gasteiger partial charge in [-0.05, 0) is 24.6 Å². The summed E-state index contributed by atoms with van der Waals surface area (Å²) in [4.78, 5) is 30.0. The van der Waals surface area contributed by atoms with Crippen LogP contribution >= 0.6 is 11.6 Å². The maximum absolute atomic E-state index is 12.1. The van der Waals surface area contributed by atoms with Crippen molar-refractivity contribution in [2.45, 2.75) is 19.4 Å². The van der Waals surface area contributed by atoms with E-state index < -0.39 is 17.9 Å². The fourth-order valence-corrected chi connectivity index (χ4v) is 2.18. The fourth-order valence-electron chi connectivity index (χ4n) is 1.86. The van der Waals surface area contributed by atoms with E-state index in [-0.39, 0.29) is 17.0 Å². The summed E-state index contributed by atoms with van der Waals surface area (Å²) < 4.78 is 0. The van der Waals surface area contributed by atoms with Crippen LogP contribution in [0.5, 0.6) is 0 Å². The predicted molar refractivity (Wildman–Crippen MR) is 77.4 cm³/mol. The minimum atomic E-state index is -1.12. The molecule has 0 aliphatic carbocycles. The second kappa shape index (κ2) is 6.41. The lowest BCUT2D eigenvalue weighted by Gasteiger charge is -2.14. The number of amides is 1. The number of nitrogens with zero attached hydrogens (tertiary/aromatic N) is 1. The van der Waals surface area contributed by atoms with Crippen molar-refractivity contribution in [1.29, 1.82) is 0 Å². The third kappa shape index (κ3) is 3.82. The second-order valence-electron chi connectivity index (χ2n) is 4.63. The summed E-state index contributed by atoms with van der Waals surface area (Å²) in [6.45, 7) is 1.85. The van der Waals surface area contributed by atoms with Gasteiger partial charge in [-0.25, -0.2) is 9.78 Å². The van der Waals surface area contributed by atoms with E-state index in [4.69, 9.17) is 11.6 Å². The lowest BCUT2D eigenvalue weighted by atomic mass is 10.1. The Bertz CT molecular complexity index is 655. The molecule has 1 atom stereocenters. The summed E-state index contributed by atoms with van der Waals surface area (Å²) >= 11 is 6.01. The van der Waals surface area contributed by atoms with Crippen LogP contribution < -0.4 is 5.32 Å². The number of carboxylic acids is 1. The average Bonchev–Trinajstić information content (AvgIpc) is 2.90. The summed E-state index contributed by atoms with van der Waals surface area (Å²) in [6.07, 6.45) is 3.08. The second-order valence-corrected chi connectivity index (χ2v) is 5.04. The molecule has 7 heteroatoms. The normalized spacial score (nSPS) is 11.9. The minimum Gasteiger partial charge on any atom is -0.480 e. The number of hydrogen-bond donors (Lipinski definition) is 3. The van der Waals surface area contributed by atoms with Gasteiger partial charge in [0.2, 0.25) is 0 Å². The van der Waals surface area contributed by atoms with Gasteiger partial charge in [-0.15, -0.1) is 0 Å². The SMILES string of the molecule is Cc1ccc(C(=O)N[C@H](Cc2cnc[nH]2)C(=O)O)c(Cl)c1. The van der Waals surface area contributed by atoms with Crippen LogP contribution in [0.4, 0.5) is 0 Å². The lowest BCUT2D eigenvalue weighted by Crippen LogP contribution is -2.42. The molecule has 2 rings (SSSR count). The molecule has 1 amide bonds. The van der Waals surface area contributed by atoms with Gasteiger partial charge in [0.05, 0.1) is 16.9 Å². The molecule has 110 valence electrons. The van der Waals surface area contributed by atoms with Crippen molar-refractivity contribution >= 4 is 23.5 Å². The molecule has 2 aromatic rings. The molecule has 0 saturated heterocycles. The van der Waals surface area contributed by atoms with E-state index in [1.807, 2.05) is 6.92 Å². The smallest absolute Gasteiger partial charge is 0.326 e. The number of aromatic amines is 1. The van der Waals surface area contributed by atoms with Gasteiger partial charge in [-0.3, -0.25) is 4.79 Å². The highest BCUT2D eigenvalue weighted by atomic mass is 35.5. The van der Waals surface area contributed by atoms with Crippen molar-refractivity contribution in [2.24, 2.45) is 0 Å². The van der Waals surface area contributed by atoms with E-state index in [2.05, 4.69) is 15.3 Å². The van der Waals surface area contributed by atoms with Crippen molar-refractivity contribution in [1.82, 2.24) is 15.3 Å². The van der Waals surface area contributed by atoms with Crippen LogP contribution in [0.1, 0.15) is 21.6 Å². The molecule has 3 N–H and O–H groups in total. The zero-order chi connectivity index (χ0) is 15.4. The van der Waals surface area contributed by atoms with Crippen molar-refractivity contribution in [3.05, 3.63) is 52.6 Å². The molecule has 0 spiro atoms. The van der Waals surface area contributed by atoms with Crippen LogP contribution in [-0.2, 0) is 11.2 Å². The predicted octanol–water partition coefficient (Wildman–Crippen LogP) is 1.80. The minimum absolute atomic E-state index is 0.116. The molecule has 1 aromatic heterocycles. The van der Waals surface area contributed by atoms with Gasteiger partial charge < -0.3 is 15.4 Å². The Kier molecular flexibility index (Phi) is 4.59. The molecule has 0 fully saturated rings. The molecule has 21 heavy (non-hydrogen) atoms. The zero-order valence-electron chi connectivity index (χ0n) is 11.3. The van der Waals surface area contributed by atoms with Crippen molar-refractivity contribution in [2.75, 3.05) is 0 Å². The molecular formula is C14H14ClN3O3. The van der Waals surface area contributed by atoms with Crippen molar-refractivity contribution < 1.29 is 14.7 Å². The highest BCUT2D eigenvalue weighted by molar-refractivity contribution is 6.33. The van der Waals surface area contributed by atoms with Crippen LogP contribution in [0.25, 0.3) is 0 Å². The summed E-state index contributed by atoms with van der Waals surface area (Å²) in [5, 5.41) is 11.9. The molecule has 1 aromatic carbocycles. The Labute approximate surface area is 126 Å². The molecule has 0 saturated carbocycles. The van der Waals surface area contributed by atoms with Crippen LogP contribution in [0.3, 0.4) is 0 Å². The van der Waals surface area contributed by atoms with Gasteiger partial charge in [-0.1, -0.05) is 17.7 Å². The monoisotopic (exact) mass is 307 g/mol. The molecule has 0 radical (unpaired) electrons. The number of carbonyl (C=O) groups excluding carboxylic acids is 1. The number of H-pyrrole nitrogens is 1. The summed E-state index contributed by atoms with van der Waals surface area (Å²) in [7, 11) is 0. The Morgan fingerprint density at radius 2 is 2.24 bits per heavy atom. The molecule has 1 heterocycles. The van der Waals surface area contributed by atoms with Crippen LogP contribution in [0.15, 0.2) is 30.7 Å². The van der Waals surface area contributed by atoms with E-state index >= 15 is 0 Å². The van der Waals surface area contributed by atoms with Crippen LogP contribution in [0.2, 0.25) is 5.02 Å². The Balaban J connectivity index is 2.12. The molecule has 0 aliphatic heterocycles. The standard InChI is InChI=1S/C14H14ClN3O3/c1-8-2-3-10(11(15)4-8)13(19)18-12(14(20)21)5-9-6-16-7-17-9/h2-4,6-7,12H,5H2,1H3,(H,16,17)(H,18,19)(H,20,21)/t12-/m1/s1. The third-order valence-electron chi connectivity index (χ3n) is 2.95. The molecule has 0 unspecified atom stereocenters. The number of carboxylic acid groups (broad SMARTS) is 1. The third-order valence-corrected chi connectivity index (χ3v) is 3.26. The fraction of sp³-hybridized carbons (Fsp3) is 0.214. The summed E-state index contributed by atoms with van der Waals surface area (Å²) in [6, 6.07) is 3.91. The Morgan fingerprint density at radius 1 is 1.48 bits per heavy atom. The van der Waals surface area contributed by atoms with Gasteiger partial charge in [-0.2, -0.15) is 0 Å². The maximum atomic E-state index is 12.1. The van der Waals surface area contributed by atoms with Crippen LogP contribution in [-0.4, -0.2) is 33.0 Å². The maximum Gasteiger partial charge on any atom is 0.326 e. The first-order chi connectivity index (χ1) is 9.97. The number of aryl methyl sites for hydroxylation is 1. The van der Waals surface area contributed by atoms with E-state index in [1.165, 1.54) is 12.5 Å². The quantitative estimate of drug-likeness (QED) is 0.785. The van der Waals surface area contributed by atoms with Crippen molar-refractivity contribution in [3.8, 4) is 0 Å². The Morgan fingerprint density at radius 3 is 2.81 bits per heavy atom. The van der Waals surface area contributed by atoms with E-state index in [0.717, 1.165) is 5.56 Å². The summed E-state index contributed by atoms with van der Waals surface area (Å²) in [5.41, 5.74) is 1.79. The van der Waals surface area contributed by atoms with E-state index in [0.29, 0.717) is 5.69 Å². The molecular weight excluding hydrogens is 294 g/mol. The first-order valence-electron chi connectivity index (χ1n) is 6.24. The van der Waals surface area contributed by atoms with Crippen molar-refractivity contribution in [3.63, 3.8) is 0 Å². The highest BCUT2D eigenvalue weighted by Crippen LogP contribution is 2.17. The van der Waals surface area contributed by atoms with Gasteiger partial charge in [0, 0.05) is 18.3 Å². The number of benzene rings is 1. The lowest BCUT2D eigenvalue weighted by molar-refractivity contribution is -0.139. The number of aliphatic carboxylic acids is 1. The van der Waals surface area contributed by atoms with Gasteiger partial charge in [0.1, 0.15) is 6.04 Å². The zero-order valence-corrected chi connectivity index (χ0v) is 12.0. The van der Waals surface area contributed by atoms with Gasteiger partial charge >= 0.3 is 5.97 Å². The number of imidazole rings is 1. The number of hydrogen-bond acceptors (Lipinski definition) is 3. The average molecular weight is 308 g/mol. The molecule has 6 nitrogen and oxygen atoms in total. The highest BCUT2D eigenvalue weighted by Gasteiger charge is 2.22. The number of rotatable bonds is 5. The van der Waals surface area contributed by atoms with E-state index in [9.17, 15) is 14.7 Å². The van der Waals surface area contributed by atoms with Crippen LogP contribution in [0, 0.1) is 6.92 Å². The van der Waals surface area contributed by atoms with E-state index in [1.54, 1.807) is 18.2 Å². The first kappa shape index (κ1) is 15.1. The Hall–Kier alpha value is -2.34. The number of aromatic nitrogens is 2. The number of halogens is 1. The first-order valence-corrected chi connectivity index (χ1v) is 6.62. The summed E-state index contributed by atoms with van der Waals surface area (Å²) in [5.74, 6) is -1.65. The number of carbonyl (C=O) groups is 2. The largest absolute Gasteiger partial charge is 0.480 e. The van der Waals surface area contributed by atoms with Gasteiger partial charge in [0.15, 0.2) is 0 Å². The van der Waals surface area contributed by atoms with Gasteiger partial charge in [0.25, 0.3) is 5.91 Å². The molecule has 0 bridgehead atoms. The topological polar surface area (TPSA) is 95.1 Å².